The van der Waals surface area contributed by atoms with Gasteiger partial charge in [0.1, 0.15) is 34.9 Å². The number of hydrogen-bond acceptors (Lipinski definition) is 6. The fourth-order valence-corrected chi connectivity index (χ4v) is 3.86. The molecule has 1 aromatic heterocycles. The molecule has 0 bridgehead atoms. The molecule has 154 valence electrons. The summed E-state index contributed by atoms with van der Waals surface area (Å²) in [6.45, 7) is -0.951. The number of benzene rings is 2. The first-order valence-electron chi connectivity index (χ1n) is 7.93. The first-order valence-corrected chi connectivity index (χ1v) is 10.6. The Morgan fingerprint density at radius 2 is 1.69 bits per heavy atom. The molecule has 0 saturated carbocycles. The molecule has 1 N–H and O–H groups in total. The van der Waals surface area contributed by atoms with Crippen LogP contribution in [0.15, 0.2) is 41.8 Å². The molecular formula is C18H13F4NO4S2. The van der Waals surface area contributed by atoms with Gasteiger partial charge in [-0.05, 0) is 24.3 Å². The van der Waals surface area contributed by atoms with Crippen molar-refractivity contribution in [2.45, 2.75) is 5.60 Å². The highest BCUT2D eigenvalue weighted by atomic mass is 32.2. The highest BCUT2D eigenvalue weighted by Crippen LogP contribution is 2.37. The highest BCUT2D eigenvalue weighted by molar-refractivity contribution is 7.85. The molecule has 0 aliphatic carbocycles. The van der Waals surface area contributed by atoms with Crippen molar-refractivity contribution < 1.29 is 35.3 Å². The van der Waals surface area contributed by atoms with Gasteiger partial charge in [0.2, 0.25) is 0 Å². The zero-order chi connectivity index (χ0) is 21.4. The molecule has 0 fully saturated rings. The van der Waals surface area contributed by atoms with Crippen LogP contribution in [0.3, 0.4) is 0 Å². The van der Waals surface area contributed by atoms with E-state index < -0.39 is 51.2 Å². The van der Waals surface area contributed by atoms with Crippen LogP contribution in [0.2, 0.25) is 0 Å². The van der Waals surface area contributed by atoms with Gasteiger partial charge in [-0.15, -0.1) is 11.3 Å². The zero-order valence-corrected chi connectivity index (χ0v) is 16.3. The maximum atomic E-state index is 14.4. The summed E-state index contributed by atoms with van der Waals surface area (Å²) in [4.78, 5) is 4.05. The average Bonchev–Trinajstić information content (AvgIpc) is 3.09. The van der Waals surface area contributed by atoms with E-state index in [2.05, 4.69) is 9.17 Å². The Hall–Kier alpha value is -2.34. The largest absolute Gasteiger partial charge is 0.375 e. The van der Waals surface area contributed by atoms with E-state index >= 15 is 0 Å². The molecule has 0 unspecified atom stereocenters. The van der Waals surface area contributed by atoms with Crippen LogP contribution in [0.5, 0.6) is 0 Å². The number of thiazole rings is 1. The molecule has 2 aromatic carbocycles. The molecule has 0 spiro atoms. The molecule has 0 saturated heterocycles. The summed E-state index contributed by atoms with van der Waals surface area (Å²) in [5, 5.41) is 12.2. The first-order chi connectivity index (χ1) is 13.5. The quantitative estimate of drug-likeness (QED) is 0.462. The summed E-state index contributed by atoms with van der Waals surface area (Å²) in [7, 11) is -4.03. The third-order valence-corrected chi connectivity index (χ3v) is 5.46. The third kappa shape index (κ3) is 4.64. The molecule has 0 aliphatic heterocycles. The summed E-state index contributed by atoms with van der Waals surface area (Å²) >= 11 is 0.766. The van der Waals surface area contributed by atoms with Crippen LogP contribution in [0.4, 0.5) is 17.6 Å². The van der Waals surface area contributed by atoms with Crippen LogP contribution in [0.1, 0.15) is 10.6 Å². The lowest BCUT2D eigenvalue weighted by molar-refractivity contribution is 0.0270. The topological polar surface area (TPSA) is 76.5 Å². The van der Waals surface area contributed by atoms with Crippen molar-refractivity contribution in [3.8, 4) is 11.3 Å². The monoisotopic (exact) mass is 447 g/mol. The summed E-state index contributed by atoms with van der Waals surface area (Å²) in [5.41, 5.74) is -2.98. The van der Waals surface area contributed by atoms with E-state index in [1.807, 2.05) is 0 Å². The predicted octanol–water partition coefficient (Wildman–Crippen LogP) is 3.58. The van der Waals surface area contributed by atoms with Crippen LogP contribution < -0.4 is 0 Å². The maximum Gasteiger partial charge on any atom is 0.264 e. The number of nitrogens with zero attached hydrogens (tertiary/aromatic N) is 1. The fourth-order valence-electron chi connectivity index (χ4n) is 2.56. The van der Waals surface area contributed by atoms with Crippen molar-refractivity contribution in [3.05, 3.63) is 75.6 Å². The number of rotatable bonds is 6. The molecule has 1 heterocycles. The van der Waals surface area contributed by atoms with Gasteiger partial charge in [0.15, 0.2) is 5.60 Å². The molecule has 11 heteroatoms. The minimum atomic E-state index is -4.03. The van der Waals surface area contributed by atoms with Gasteiger partial charge in [0, 0.05) is 28.6 Å². The number of aromatic nitrogens is 1. The highest BCUT2D eigenvalue weighted by Gasteiger charge is 2.39. The lowest BCUT2D eigenvalue weighted by Crippen LogP contribution is -2.35. The molecule has 0 aliphatic rings. The summed E-state index contributed by atoms with van der Waals surface area (Å²) in [5.74, 6) is -3.78. The van der Waals surface area contributed by atoms with Crippen LogP contribution >= 0.6 is 11.3 Å². The van der Waals surface area contributed by atoms with Crippen LogP contribution in [-0.4, -0.2) is 31.4 Å². The van der Waals surface area contributed by atoms with Crippen molar-refractivity contribution in [2.75, 3.05) is 12.9 Å². The van der Waals surface area contributed by atoms with Gasteiger partial charge < -0.3 is 5.11 Å². The second-order valence-corrected chi connectivity index (χ2v) is 8.61. The standard InChI is InChI=1S/C18H13F4NO4S2/c1-29(25,26)27-9-18(24,13-5-3-11(20)7-15(13)22)17-23-16(8-28-17)12-4-2-10(19)6-14(12)21/h2-8,24H,9H2,1H3/t18-/m0/s1. The Balaban J connectivity index is 2.10. The van der Waals surface area contributed by atoms with Gasteiger partial charge in [-0.2, -0.15) is 8.42 Å². The first kappa shape index (κ1) is 21.4. The van der Waals surface area contributed by atoms with E-state index in [0.29, 0.717) is 12.1 Å². The van der Waals surface area contributed by atoms with Crippen molar-refractivity contribution in [1.29, 1.82) is 0 Å². The number of halogens is 4. The summed E-state index contributed by atoms with van der Waals surface area (Å²) in [6, 6.07) is 5.10. The molecule has 0 amide bonds. The Labute approximate surface area is 167 Å². The van der Waals surface area contributed by atoms with E-state index in [0.717, 1.165) is 41.9 Å². The SMILES string of the molecule is CS(=O)(=O)OC[C@@](O)(c1nc(-c2ccc(F)cc2F)cs1)c1ccc(F)cc1F. The summed E-state index contributed by atoms with van der Waals surface area (Å²) in [6.07, 6.45) is 0.732. The number of hydrogen-bond donors (Lipinski definition) is 1. The molecular weight excluding hydrogens is 434 g/mol. The minimum absolute atomic E-state index is 0.00259. The molecule has 5 nitrogen and oxygen atoms in total. The molecule has 1 atom stereocenters. The van der Waals surface area contributed by atoms with E-state index in [4.69, 9.17) is 0 Å². The smallest absolute Gasteiger partial charge is 0.264 e. The van der Waals surface area contributed by atoms with Gasteiger partial charge in [0.05, 0.1) is 11.9 Å². The minimum Gasteiger partial charge on any atom is -0.375 e. The Kier molecular flexibility index (Phi) is 5.77. The zero-order valence-electron chi connectivity index (χ0n) is 14.7. The van der Waals surface area contributed by atoms with Crippen molar-refractivity contribution >= 4 is 21.5 Å². The van der Waals surface area contributed by atoms with Crippen molar-refractivity contribution in [1.82, 2.24) is 4.98 Å². The van der Waals surface area contributed by atoms with Gasteiger partial charge in [-0.1, -0.05) is 0 Å². The Bertz CT molecular complexity index is 1170. The Morgan fingerprint density at radius 1 is 1.07 bits per heavy atom. The van der Waals surface area contributed by atoms with Crippen LogP contribution in [0, 0.1) is 23.3 Å². The fraction of sp³-hybridized carbons (Fsp3) is 0.167. The lowest BCUT2D eigenvalue weighted by atomic mass is 9.94. The van der Waals surface area contributed by atoms with Gasteiger partial charge in [0.25, 0.3) is 10.1 Å². The Morgan fingerprint density at radius 3 is 2.28 bits per heavy atom. The van der Waals surface area contributed by atoms with E-state index in [-0.39, 0.29) is 16.3 Å². The van der Waals surface area contributed by atoms with Crippen molar-refractivity contribution in [2.24, 2.45) is 0 Å². The molecule has 3 rings (SSSR count). The second-order valence-electron chi connectivity index (χ2n) is 6.11. The van der Waals surface area contributed by atoms with Gasteiger partial charge in [-0.3, -0.25) is 4.18 Å². The van der Waals surface area contributed by atoms with Gasteiger partial charge in [-0.25, -0.2) is 22.5 Å². The molecule has 29 heavy (non-hydrogen) atoms. The van der Waals surface area contributed by atoms with E-state index in [1.165, 1.54) is 5.38 Å². The predicted molar refractivity (Wildman–Crippen MR) is 97.6 cm³/mol. The molecule has 0 radical (unpaired) electrons. The lowest BCUT2D eigenvalue weighted by Gasteiger charge is -2.26. The van der Waals surface area contributed by atoms with Crippen molar-refractivity contribution in [3.63, 3.8) is 0 Å². The third-order valence-electron chi connectivity index (χ3n) is 3.92. The average molecular weight is 447 g/mol. The van der Waals surface area contributed by atoms with E-state index in [9.17, 15) is 31.1 Å². The molecule has 3 aromatic rings. The second kappa shape index (κ2) is 7.82. The normalized spacial score (nSPS) is 14.0. The number of aliphatic hydroxyl groups is 1. The van der Waals surface area contributed by atoms with Crippen LogP contribution in [0.25, 0.3) is 11.3 Å². The van der Waals surface area contributed by atoms with Gasteiger partial charge >= 0.3 is 0 Å². The van der Waals surface area contributed by atoms with Crippen LogP contribution in [-0.2, 0) is 19.9 Å². The maximum absolute atomic E-state index is 14.4. The van der Waals surface area contributed by atoms with E-state index in [1.54, 1.807) is 0 Å². The summed E-state index contributed by atoms with van der Waals surface area (Å²) < 4.78 is 82.2.